The van der Waals surface area contributed by atoms with Gasteiger partial charge >= 0.3 is 5.51 Å². The van der Waals surface area contributed by atoms with Crippen LogP contribution >= 0.6 is 11.8 Å². The van der Waals surface area contributed by atoms with Crippen molar-refractivity contribution in [3.63, 3.8) is 0 Å². The summed E-state index contributed by atoms with van der Waals surface area (Å²) in [5.74, 6) is 6.73. The highest BCUT2D eigenvalue weighted by Gasteiger charge is 2.33. The number of carbonyl (C=O) groups is 1. The van der Waals surface area contributed by atoms with Crippen molar-refractivity contribution in [3.8, 4) is 17.6 Å². The molecule has 14 heteroatoms. The molecule has 40 heavy (non-hydrogen) atoms. The first-order valence-corrected chi connectivity index (χ1v) is 13.1. The molecule has 0 aliphatic carbocycles. The first-order valence-electron chi connectivity index (χ1n) is 12.3. The number of halogens is 3. The van der Waals surface area contributed by atoms with E-state index in [0.29, 0.717) is 34.9 Å². The van der Waals surface area contributed by atoms with Crippen LogP contribution in [0.1, 0.15) is 28.3 Å². The summed E-state index contributed by atoms with van der Waals surface area (Å²) in [5, 5.41) is 13.1. The first kappa shape index (κ1) is 27.2. The smallest absolute Gasteiger partial charge is 0.447 e. The van der Waals surface area contributed by atoms with Gasteiger partial charge in [0.25, 0.3) is 5.91 Å². The zero-order valence-electron chi connectivity index (χ0n) is 21.5. The Hall–Kier alpha value is -4.38. The number of methoxy groups -OCH3 is 1. The molecule has 3 N–H and O–H groups in total. The fraction of sp³-hybridized carbons (Fsp3) is 0.308. The lowest BCUT2D eigenvalue weighted by Gasteiger charge is -2.24. The number of alkyl halides is 3. The summed E-state index contributed by atoms with van der Waals surface area (Å²) in [6.07, 6.45) is 4.60. The van der Waals surface area contributed by atoms with Crippen molar-refractivity contribution in [1.82, 2.24) is 29.5 Å². The molecule has 0 radical (unpaired) electrons. The Kier molecular flexibility index (Phi) is 7.74. The standard InChI is InChI=1S/C26H25F3N8O2S/c1-30-24(38)16-7-9-18(21(13-16)39-2)31-11-3-5-20-25(40-26(27,28)29)36-12-4-6-19(23(36)35-20)34-17-8-10-22-32-15-33-37(22)14-17/h4,6-7,9,12-13,15,17,31,34H,8,10-11,14H2,1-2H3,(H,30,38)/t17-/m1/s1. The fourth-order valence-corrected chi connectivity index (χ4v) is 5.07. The van der Waals surface area contributed by atoms with Gasteiger partial charge in [0.1, 0.15) is 28.6 Å². The molecule has 4 heterocycles. The molecule has 1 aromatic carbocycles. The van der Waals surface area contributed by atoms with E-state index < -0.39 is 5.51 Å². The normalized spacial score (nSPS) is 14.7. The zero-order valence-corrected chi connectivity index (χ0v) is 22.4. The van der Waals surface area contributed by atoms with Gasteiger partial charge in [-0.05, 0) is 42.7 Å². The van der Waals surface area contributed by atoms with Crippen molar-refractivity contribution in [2.45, 2.75) is 36.0 Å². The van der Waals surface area contributed by atoms with Crippen LogP contribution in [0.2, 0.25) is 0 Å². The van der Waals surface area contributed by atoms with Gasteiger partial charge in [-0.1, -0.05) is 5.92 Å². The number of pyridine rings is 1. The maximum Gasteiger partial charge on any atom is 0.447 e. The van der Waals surface area contributed by atoms with Crippen LogP contribution in [0, 0.1) is 11.8 Å². The predicted octanol–water partition coefficient (Wildman–Crippen LogP) is 3.80. The van der Waals surface area contributed by atoms with E-state index in [1.165, 1.54) is 24.9 Å². The van der Waals surface area contributed by atoms with Gasteiger partial charge in [-0.3, -0.25) is 9.20 Å². The highest BCUT2D eigenvalue weighted by Crippen LogP contribution is 2.39. The average molecular weight is 571 g/mol. The minimum Gasteiger partial charge on any atom is -0.495 e. The molecule has 0 saturated heterocycles. The molecule has 0 spiro atoms. The fourth-order valence-electron chi connectivity index (χ4n) is 4.41. The Morgan fingerprint density at radius 1 is 1.27 bits per heavy atom. The van der Waals surface area contributed by atoms with Crippen LogP contribution in [-0.4, -0.2) is 62.3 Å². The number of carbonyl (C=O) groups excluding carboxylic acids is 1. The summed E-state index contributed by atoms with van der Waals surface area (Å²) >= 11 is -0.253. The lowest BCUT2D eigenvalue weighted by atomic mass is 10.1. The highest BCUT2D eigenvalue weighted by atomic mass is 32.2. The summed E-state index contributed by atoms with van der Waals surface area (Å²) in [4.78, 5) is 20.6. The Bertz CT molecular complexity index is 1600. The number of hydrogen-bond donors (Lipinski definition) is 3. The zero-order chi connectivity index (χ0) is 28.3. The second-order valence-corrected chi connectivity index (χ2v) is 9.87. The van der Waals surface area contributed by atoms with E-state index in [1.54, 1.807) is 36.5 Å². The molecule has 10 nitrogen and oxygen atoms in total. The van der Waals surface area contributed by atoms with Gasteiger partial charge in [-0.2, -0.15) is 18.3 Å². The van der Waals surface area contributed by atoms with Gasteiger partial charge < -0.3 is 20.7 Å². The molecule has 5 rings (SSSR count). The second-order valence-electron chi connectivity index (χ2n) is 8.82. The van der Waals surface area contributed by atoms with Gasteiger partial charge in [-0.25, -0.2) is 14.6 Å². The molecule has 1 aliphatic heterocycles. The maximum atomic E-state index is 13.5. The van der Waals surface area contributed by atoms with Crippen LogP contribution in [0.25, 0.3) is 5.65 Å². The number of nitrogens with one attached hydrogen (secondary N) is 3. The molecule has 0 fully saturated rings. The molecule has 0 saturated carbocycles. The molecule has 1 aliphatic rings. The van der Waals surface area contributed by atoms with Crippen LogP contribution < -0.4 is 20.7 Å². The van der Waals surface area contributed by atoms with Gasteiger partial charge in [-0.15, -0.1) is 0 Å². The van der Waals surface area contributed by atoms with Crippen LogP contribution in [0.5, 0.6) is 5.75 Å². The van der Waals surface area contributed by atoms with Crippen molar-refractivity contribution in [2.24, 2.45) is 0 Å². The van der Waals surface area contributed by atoms with E-state index >= 15 is 0 Å². The molecule has 0 bridgehead atoms. The topological polar surface area (TPSA) is 110 Å². The number of benzene rings is 1. The minimum atomic E-state index is -4.53. The molecule has 0 unspecified atom stereocenters. The summed E-state index contributed by atoms with van der Waals surface area (Å²) in [6, 6.07) is 8.36. The average Bonchev–Trinajstić information content (AvgIpc) is 3.54. The molecule has 1 amide bonds. The minimum absolute atomic E-state index is 0.0133. The summed E-state index contributed by atoms with van der Waals surface area (Å²) in [5.41, 5.74) is -2.55. The summed E-state index contributed by atoms with van der Waals surface area (Å²) in [7, 11) is 3.00. The predicted molar refractivity (Wildman–Crippen MR) is 145 cm³/mol. The number of rotatable bonds is 7. The number of thioether (sulfide) groups is 1. The third-order valence-corrected chi connectivity index (χ3v) is 7.06. The summed E-state index contributed by atoms with van der Waals surface area (Å²) in [6.45, 7) is 0.695. The summed E-state index contributed by atoms with van der Waals surface area (Å²) < 4.78 is 49.1. The molecule has 1 atom stereocenters. The van der Waals surface area contributed by atoms with E-state index in [0.717, 1.165) is 18.7 Å². The van der Waals surface area contributed by atoms with Gasteiger partial charge in [0.2, 0.25) is 0 Å². The third kappa shape index (κ3) is 5.94. The Morgan fingerprint density at radius 2 is 2.12 bits per heavy atom. The molecular weight excluding hydrogens is 545 g/mol. The van der Waals surface area contributed by atoms with Crippen molar-refractivity contribution < 1.29 is 22.7 Å². The first-order chi connectivity index (χ1) is 19.3. The lowest BCUT2D eigenvalue weighted by Crippen LogP contribution is -2.32. The van der Waals surface area contributed by atoms with Crippen LogP contribution in [0.3, 0.4) is 0 Å². The number of fused-ring (bicyclic) bond motifs is 2. The Morgan fingerprint density at radius 3 is 2.90 bits per heavy atom. The third-order valence-electron chi connectivity index (χ3n) is 6.25. The van der Waals surface area contributed by atoms with E-state index in [1.807, 2.05) is 4.68 Å². The van der Waals surface area contributed by atoms with Crippen molar-refractivity contribution in [2.75, 3.05) is 31.3 Å². The van der Waals surface area contributed by atoms with Crippen molar-refractivity contribution in [1.29, 1.82) is 0 Å². The molecule has 208 valence electrons. The van der Waals surface area contributed by atoms with Crippen LogP contribution in [0.15, 0.2) is 47.9 Å². The van der Waals surface area contributed by atoms with E-state index in [2.05, 4.69) is 42.9 Å². The number of aryl methyl sites for hydroxylation is 1. The Balaban J connectivity index is 1.39. The molecular formula is C26H25F3N8O2S. The number of aromatic nitrogens is 5. The lowest BCUT2D eigenvalue weighted by molar-refractivity contribution is -0.0330. The molecule has 3 aromatic heterocycles. The monoisotopic (exact) mass is 570 g/mol. The number of imidazole rings is 1. The number of amides is 1. The van der Waals surface area contributed by atoms with Gasteiger partial charge in [0.05, 0.1) is 31.6 Å². The Labute approximate surface area is 231 Å². The highest BCUT2D eigenvalue weighted by molar-refractivity contribution is 8.00. The number of ether oxygens (including phenoxy) is 1. The maximum absolute atomic E-state index is 13.5. The van der Waals surface area contributed by atoms with Gasteiger partial charge in [0.15, 0.2) is 5.65 Å². The van der Waals surface area contributed by atoms with Gasteiger partial charge in [0, 0.05) is 43.0 Å². The quantitative estimate of drug-likeness (QED) is 0.228. The number of hydrogen-bond acceptors (Lipinski definition) is 8. The molecule has 4 aromatic rings. The second kappa shape index (κ2) is 11.4. The van der Waals surface area contributed by atoms with E-state index in [4.69, 9.17) is 4.74 Å². The number of nitrogens with zero attached hydrogens (tertiary/aromatic N) is 5. The van der Waals surface area contributed by atoms with E-state index in [9.17, 15) is 18.0 Å². The largest absolute Gasteiger partial charge is 0.495 e. The van der Waals surface area contributed by atoms with Crippen molar-refractivity contribution >= 4 is 34.7 Å². The van der Waals surface area contributed by atoms with Crippen molar-refractivity contribution in [3.05, 3.63) is 59.9 Å². The number of anilines is 2. The SMILES string of the molecule is CNC(=O)c1ccc(NCC#Cc2nc3c(N[C@@H]4CCc5ncnn5C4)cccn3c2SC(F)(F)F)c(OC)c1. The van der Waals surface area contributed by atoms with E-state index in [-0.39, 0.29) is 41.0 Å². The van der Waals surface area contributed by atoms with Crippen LogP contribution in [0.4, 0.5) is 24.5 Å². The van der Waals surface area contributed by atoms with Crippen LogP contribution in [-0.2, 0) is 13.0 Å².